The molecular formula is C24H26Cl2N2O2. The second kappa shape index (κ2) is 10.7. The predicted molar refractivity (Wildman–Crippen MR) is 122 cm³/mol. The molecule has 0 bridgehead atoms. The number of ether oxygens (including phenoxy) is 1. The Hall–Kier alpha value is -2.27. The third-order valence-corrected chi connectivity index (χ3v) is 5.85. The van der Waals surface area contributed by atoms with Gasteiger partial charge in [0.15, 0.2) is 0 Å². The van der Waals surface area contributed by atoms with Crippen molar-refractivity contribution in [2.75, 3.05) is 20.3 Å². The molecule has 0 saturated heterocycles. The highest BCUT2D eigenvalue weighted by atomic mass is 35.5. The summed E-state index contributed by atoms with van der Waals surface area (Å²) in [5, 5.41) is 0.813. The number of nitrogens with zero attached hydrogens (tertiary/aromatic N) is 2. The van der Waals surface area contributed by atoms with E-state index in [0.29, 0.717) is 35.3 Å². The number of rotatable bonds is 9. The van der Waals surface area contributed by atoms with Crippen LogP contribution in [0.1, 0.15) is 33.6 Å². The Morgan fingerprint density at radius 2 is 1.87 bits per heavy atom. The summed E-state index contributed by atoms with van der Waals surface area (Å²) in [5.41, 5.74) is 4.11. The van der Waals surface area contributed by atoms with Gasteiger partial charge in [-0.2, -0.15) is 0 Å². The molecule has 1 aromatic heterocycles. The van der Waals surface area contributed by atoms with E-state index in [1.54, 1.807) is 25.3 Å². The van der Waals surface area contributed by atoms with Gasteiger partial charge in [0.1, 0.15) is 0 Å². The van der Waals surface area contributed by atoms with Crippen molar-refractivity contribution in [1.29, 1.82) is 0 Å². The molecule has 1 amide bonds. The predicted octanol–water partition coefficient (Wildman–Crippen LogP) is 5.83. The lowest BCUT2D eigenvalue weighted by Crippen LogP contribution is -2.33. The highest BCUT2D eigenvalue weighted by Gasteiger charge is 2.18. The van der Waals surface area contributed by atoms with E-state index in [2.05, 4.69) is 42.0 Å². The van der Waals surface area contributed by atoms with Crippen LogP contribution < -0.4 is 0 Å². The fourth-order valence-corrected chi connectivity index (χ4v) is 3.68. The van der Waals surface area contributed by atoms with Gasteiger partial charge >= 0.3 is 0 Å². The van der Waals surface area contributed by atoms with Crippen molar-refractivity contribution in [1.82, 2.24) is 9.47 Å². The van der Waals surface area contributed by atoms with Crippen LogP contribution in [0.25, 0.3) is 0 Å². The lowest BCUT2D eigenvalue weighted by Gasteiger charge is -2.24. The minimum absolute atomic E-state index is 0.0756. The summed E-state index contributed by atoms with van der Waals surface area (Å²) >= 11 is 12.2. The van der Waals surface area contributed by atoms with Crippen LogP contribution in [0.15, 0.2) is 60.8 Å². The van der Waals surface area contributed by atoms with Gasteiger partial charge in [0.2, 0.25) is 0 Å². The third kappa shape index (κ3) is 5.66. The SMILES string of the molecule is COCCCN(Cc1cccn1Cc1ccccc1C)C(=O)c1ccc(Cl)c(Cl)c1. The summed E-state index contributed by atoms with van der Waals surface area (Å²) in [6, 6.07) is 17.4. The van der Waals surface area contributed by atoms with E-state index in [1.165, 1.54) is 11.1 Å². The van der Waals surface area contributed by atoms with Crippen LogP contribution in [-0.2, 0) is 17.8 Å². The first-order valence-corrected chi connectivity index (χ1v) is 10.7. The number of amides is 1. The number of halogens is 2. The number of hydrogen-bond acceptors (Lipinski definition) is 2. The highest BCUT2D eigenvalue weighted by Crippen LogP contribution is 2.24. The molecule has 0 aliphatic carbocycles. The largest absolute Gasteiger partial charge is 0.385 e. The molecule has 0 atom stereocenters. The molecule has 3 rings (SSSR count). The second-order valence-electron chi connectivity index (χ2n) is 7.26. The van der Waals surface area contributed by atoms with Gasteiger partial charge in [0.25, 0.3) is 5.91 Å². The van der Waals surface area contributed by atoms with Crippen molar-refractivity contribution < 1.29 is 9.53 Å². The van der Waals surface area contributed by atoms with Gasteiger partial charge in [-0.3, -0.25) is 4.79 Å². The molecule has 0 aliphatic rings. The van der Waals surface area contributed by atoms with Crippen LogP contribution in [0.2, 0.25) is 10.0 Å². The van der Waals surface area contributed by atoms with Crippen molar-refractivity contribution in [2.24, 2.45) is 0 Å². The molecule has 6 heteroatoms. The average molecular weight is 445 g/mol. The maximum absolute atomic E-state index is 13.2. The van der Waals surface area contributed by atoms with E-state index in [-0.39, 0.29) is 5.91 Å². The van der Waals surface area contributed by atoms with Gasteiger partial charge in [-0.15, -0.1) is 0 Å². The molecule has 0 fully saturated rings. The molecule has 0 radical (unpaired) electrons. The zero-order valence-electron chi connectivity index (χ0n) is 17.3. The summed E-state index contributed by atoms with van der Waals surface area (Å²) in [7, 11) is 1.67. The molecule has 1 heterocycles. The Balaban J connectivity index is 1.81. The number of carbonyl (C=O) groups excluding carboxylic acids is 1. The number of benzene rings is 2. The Labute approximate surface area is 188 Å². The first kappa shape index (κ1) is 22.4. The Bertz CT molecular complexity index is 1000. The Morgan fingerprint density at radius 3 is 2.60 bits per heavy atom. The maximum atomic E-state index is 13.2. The number of aromatic nitrogens is 1. The smallest absolute Gasteiger partial charge is 0.254 e. The molecule has 0 aliphatic heterocycles. The standard InChI is InChI=1S/C24H26Cl2N2O2/c1-18-7-3-4-8-20(18)16-27-12-5-9-21(27)17-28(13-6-14-30-2)24(29)19-10-11-22(25)23(26)15-19/h3-5,7-12,15H,6,13-14,16-17H2,1-2H3. The van der Waals surface area contributed by atoms with Gasteiger partial charge in [0, 0.05) is 44.3 Å². The van der Waals surface area contributed by atoms with Gasteiger partial charge in [-0.1, -0.05) is 47.5 Å². The van der Waals surface area contributed by atoms with Crippen LogP contribution in [0.3, 0.4) is 0 Å². The monoisotopic (exact) mass is 444 g/mol. The van der Waals surface area contributed by atoms with Gasteiger partial charge in [-0.25, -0.2) is 0 Å². The Kier molecular flexibility index (Phi) is 7.97. The first-order valence-electron chi connectivity index (χ1n) is 9.91. The van der Waals surface area contributed by atoms with Crippen LogP contribution in [-0.4, -0.2) is 35.6 Å². The van der Waals surface area contributed by atoms with E-state index in [1.807, 2.05) is 17.0 Å². The van der Waals surface area contributed by atoms with Gasteiger partial charge < -0.3 is 14.2 Å². The average Bonchev–Trinajstić information content (AvgIpc) is 3.17. The highest BCUT2D eigenvalue weighted by molar-refractivity contribution is 6.42. The van der Waals surface area contributed by atoms with Crippen molar-refractivity contribution in [3.63, 3.8) is 0 Å². The van der Waals surface area contributed by atoms with E-state index in [9.17, 15) is 4.79 Å². The van der Waals surface area contributed by atoms with Crippen LogP contribution in [0, 0.1) is 6.92 Å². The zero-order chi connectivity index (χ0) is 21.5. The van der Waals surface area contributed by atoms with Crippen LogP contribution in [0.5, 0.6) is 0 Å². The molecule has 3 aromatic rings. The minimum atomic E-state index is -0.0756. The lowest BCUT2D eigenvalue weighted by atomic mass is 10.1. The third-order valence-electron chi connectivity index (χ3n) is 5.11. The van der Waals surface area contributed by atoms with E-state index in [0.717, 1.165) is 18.7 Å². The molecule has 0 saturated carbocycles. The molecule has 30 heavy (non-hydrogen) atoms. The molecule has 0 unspecified atom stereocenters. The first-order chi connectivity index (χ1) is 14.5. The van der Waals surface area contributed by atoms with Crippen LogP contribution in [0.4, 0.5) is 0 Å². The van der Waals surface area contributed by atoms with Gasteiger partial charge in [0.05, 0.1) is 16.6 Å². The van der Waals surface area contributed by atoms with E-state index < -0.39 is 0 Å². The summed E-state index contributed by atoms with van der Waals surface area (Å²) in [6.45, 7) is 4.56. The molecule has 0 spiro atoms. The normalized spacial score (nSPS) is 10.9. The second-order valence-corrected chi connectivity index (χ2v) is 8.07. The zero-order valence-corrected chi connectivity index (χ0v) is 18.8. The molecule has 4 nitrogen and oxygen atoms in total. The van der Waals surface area contributed by atoms with Gasteiger partial charge in [-0.05, 0) is 54.8 Å². The van der Waals surface area contributed by atoms with E-state index in [4.69, 9.17) is 27.9 Å². The van der Waals surface area contributed by atoms with Crippen molar-refractivity contribution in [3.05, 3.63) is 93.2 Å². The fraction of sp³-hybridized carbons (Fsp3) is 0.292. The quantitative estimate of drug-likeness (QED) is 0.389. The molecule has 158 valence electrons. The number of methoxy groups -OCH3 is 1. The number of hydrogen-bond donors (Lipinski definition) is 0. The lowest BCUT2D eigenvalue weighted by molar-refractivity contribution is 0.0720. The fourth-order valence-electron chi connectivity index (χ4n) is 3.38. The van der Waals surface area contributed by atoms with Crippen molar-refractivity contribution >= 4 is 29.1 Å². The summed E-state index contributed by atoms with van der Waals surface area (Å²) in [6.07, 6.45) is 2.81. The topological polar surface area (TPSA) is 34.5 Å². The molecular weight excluding hydrogens is 419 g/mol. The minimum Gasteiger partial charge on any atom is -0.385 e. The van der Waals surface area contributed by atoms with Crippen molar-refractivity contribution in [2.45, 2.75) is 26.4 Å². The summed E-state index contributed by atoms with van der Waals surface area (Å²) in [4.78, 5) is 15.1. The van der Waals surface area contributed by atoms with Crippen LogP contribution >= 0.6 is 23.2 Å². The summed E-state index contributed by atoms with van der Waals surface area (Å²) in [5.74, 6) is -0.0756. The van der Waals surface area contributed by atoms with E-state index >= 15 is 0 Å². The Morgan fingerprint density at radius 1 is 1.07 bits per heavy atom. The maximum Gasteiger partial charge on any atom is 0.254 e. The summed E-state index contributed by atoms with van der Waals surface area (Å²) < 4.78 is 7.37. The number of aryl methyl sites for hydroxylation is 1. The molecule has 2 aromatic carbocycles. The number of carbonyl (C=O) groups is 1. The molecule has 0 N–H and O–H groups in total. The van der Waals surface area contributed by atoms with Crippen molar-refractivity contribution in [3.8, 4) is 0 Å².